The third kappa shape index (κ3) is 21.9. The molecule has 0 bridgehead atoms. The molecule has 4 unspecified atom stereocenters. The van der Waals surface area contributed by atoms with Crippen LogP contribution in [0.15, 0.2) is 273 Å². The van der Waals surface area contributed by atoms with E-state index in [9.17, 15) is 14.4 Å². The largest absolute Gasteiger partial charge is 0.312 e. The molecule has 0 radical (unpaired) electrons. The summed E-state index contributed by atoms with van der Waals surface area (Å²) in [4.78, 5) is 62.1. The third-order valence-corrected chi connectivity index (χ3v) is 25.4. The maximum Gasteiger partial charge on any atom is 0.226 e. The van der Waals surface area contributed by atoms with Crippen LogP contribution in [0.2, 0.25) is 0 Å². The third-order valence-electron chi connectivity index (χ3n) is 25.4. The Hall–Kier alpha value is -8.85. The van der Waals surface area contributed by atoms with Gasteiger partial charge in [-0.05, 0) is 165 Å². The molecule has 3 amide bonds. The molecule has 0 aromatic heterocycles. The molecule has 6 heterocycles. The number of carbonyl (C=O) groups excluding carboxylic acids is 3. The Bertz CT molecular complexity index is 3670. The van der Waals surface area contributed by atoms with Gasteiger partial charge in [-0.2, -0.15) is 0 Å². The normalized spacial score (nSPS) is 22.0. The van der Waals surface area contributed by atoms with Gasteiger partial charge in [0.05, 0.1) is 0 Å². The summed E-state index contributed by atoms with van der Waals surface area (Å²) in [7, 11) is 0. The summed E-state index contributed by atoms with van der Waals surface area (Å²) in [5.41, 5.74) is 11.8. The number of amides is 3. The van der Waals surface area contributed by atoms with E-state index in [0.717, 1.165) is 193 Å². The molecule has 0 N–H and O–H groups in total. The molecule has 9 aromatic carbocycles. The van der Waals surface area contributed by atoms with Gasteiger partial charge in [-0.1, -0.05) is 257 Å². The quantitative estimate of drug-likeness (QED) is 0.0437. The molecule has 6 saturated heterocycles. The minimum Gasteiger partial charge on any atom is -0.312 e. The molecule has 111 heavy (non-hydrogen) atoms. The van der Waals surface area contributed by atoms with Crippen molar-refractivity contribution in [3.8, 4) is 0 Å². The Morgan fingerprint density at radius 2 is 0.450 bits per heavy atom. The van der Waals surface area contributed by atoms with Crippen LogP contribution in [0.1, 0.15) is 92.7 Å². The molecule has 0 saturated carbocycles. The second-order valence-electron chi connectivity index (χ2n) is 33.0. The first-order chi connectivity index (χ1) is 54.4. The first-order valence-electron chi connectivity index (χ1n) is 42.1. The fourth-order valence-electron chi connectivity index (χ4n) is 19.4. The molecule has 6 aliphatic rings. The van der Waals surface area contributed by atoms with E-state index >= 15 is 0 Å². The summed E-state index contributed by atoms with van der Waals surface area (Å²) in [6.45, 7) is 28.1. The summed E-state index contributed by atoms with van der Waals surface area (Å²) >= 11 is 0. The van der Waals surface area contributed by atoms with E-state index in [4.69, 9.17) is 0 Å². The van der Waals surface area contributed by atoms with Crippen LogP contribution in [-0.2, 0) is 52.9 Å². The van der Waals surface area contributed by atoms with E-state index in [1.165, 1.54) is 52.6 Å². The number of nitrogens with zero attached hydrogens (tertiary/aromatic N) is 9. The molecule has 12 nitrogen and oxygen atoms in total. The number of anilines is 3. The lowest BCUT2D eigenvalue weighted by Gasteiger charge is -2.46. The Morgan fingerprint density at radius 1 is 0.270 bits per heavy atom. The van der Waals surface area contributed by atoms with Crippen molar-refractivity contribution in [2.45, 2.75) is 97.8 Å². The molecule has 0 aliphatic carbocycles. The molecule has 6 aliphatic heterocycles. The van der Waals surface area contributed by atoms with Crippen LogP contribution in [0.4, 0.5) is 17.1 Å². The fourth-order valence-corrected chi connectivity index (χ4v) is 19.4. The zero-order valence-electron chi connectivity index (χ0n) is 66.8. The van der Waals surface area contributed by atoms with Crippen molar-refractivity contribution in [2.24, 2.45) is 34.0 Å². The van der Waals surface area contributed by atoms with E-state index < -0.39 is 0 Å². The van der Waals surface area contributed by atoms with E-state index in [0.29, 0.717) is 37.0 Å². The van der Waals surface area contributed by atoms with Gasteiger partial charge in [-0.3, -0.25) is 14.4 Å². The van der Waals surface area contributed by atoms with Gasteiger partial charge in [0.2, 0.25) is 17.7 Å². The number of likely N-dealkylation sites (tertiary alicyclic amines) is 6. The number of hydrogen-bond acceptors (Lipinski definition) is 9. The van der Waals surface area contributed by atoms with Crippen LogP contribution in [0.25, 0.3) is 0 Å². The SMILES string of the molecule is CCC(=O)N(CC12CN(CCc3ccccc3)CCC1CN(CCc1ccccc1)C2)c1ccccc1.CCC(=O)N(C[C@@]12CN(CCc3ccccc3)CCC1CN(CCc1ccccc1)C2)c1ccccc1.CCC(=O)N(C[C@]12CN(CCc3ccccc3)CCC1CN(CCc1ccccc1)C2)c1ccccc1. The molecular formula is C99H123N9O3. The molecular weight excluding hydrogens is 1360 g/mol. The maximum atomic E-state index is 13.3. The summed E-state index contributed by atoms with van der Waals surface area (Å²) in [5.74, 6) is 2.53. The van der Waals surface area contributed by atoms with Gasteiger partial charge in [0.15, 0.2) is 0 Å². The van der Waals surface area contributed by atoms with Crippen molar-refractivity contribution >= 4 is 34.8 Å². The number of para-hydroxylation sites is 3. The number of fused-ring (bicyclic) bond motifs is 3. The Morgan fingerprint density at radius 3 is 0.649 bits per heavy atom. The number of benzene rings is 9. The molecule has 6 atom stereocenters. The average Bonchev–Trinajstić information content (AvgIpc) is 1.65. The van der Waals surface area contributed by atoms with Gasteiger partial charge in [0.1, 0.15) is 0 Å². The standard InChI is InChI=1S/3C33H41N3O/c3*1-2-32(37)36(31-16-10-5-11-17-31)27-33-25-34(21-18-28-12-6-3-7-13-28)23-20-30(33)24-35(26-33)22-19-29-14-8-4-9-15-29/h3*3-17,30H,2,18-27H2,1H3/t2*30?,33-;/m10./s1. The number of rotatable bonds is 30. The summed E-state index contributed by atoms with van der Waals surface area (Å²) in [5, 5.41) is 0. The maximum absolute atomic E-state index is 13.3. The van der Waals surface area contributed by atoms with Crippen LogP contribution in [-0.4, -0.2) is 185 Å². The molecule has 582 valence electrons. The van der Waals surface area contributed by atoms with E-state index in [1.54, 1.807) is 0 Å². The second kappa shape index (κ2) is 40.1. The van der Waals surface area contributed by atoms with Crippen molar-refractivity contribution in [1.29, 1.82) is 0 Å². The van der Waals surface area contributed by atoms with Gasteiger partial charge in [0.25, 0.3) is 0 Å². The number of hydrogen-bond donors (Lipinski definition) is 0. The highest BCUT2D eigenvalue weighted by Crippen LogP contribution is 2.47. The molecule has 6 fully saturated rings. The smallest absolute Gasteiger partial charge is 0.226 e. The van der Waals surface area contributed by atoms with Crippen LogP contribution in [0.5, 0.6) is 0 Å². The zero-order valence-corrected chi connectivity index (χ0v) is 66.8. The molecule has 12 heteroatoms. The molecule has 9 aromatic rings. The minimum atomic E-state index is 0.0896. The first-order valence-corrected chi connectivity index (χ1v) is 42.1. The van der Waals surface area contributed by atoms with Crippen molar-refractivity contribution in [3.05, 3.63) is 306 Å². The van der Waals surface area contributed by atoms with Gasteiger partial charge in [-0.15, -0.1) is 0 Å². The first kappa shape index (κ1) is 80.2. The lowest BCUT2D eigenvalue weighted by molar-refractivity contribution is -0.119. The predicted octanol–water partition coefficient (Wildman–Crippen LogP) is 16.6. The topological polar surface area (TPSA) is 80.4 Å². The van der Waals surface area contributed by atoms with E-state index in [-0.39, 0.29) is 34.0 Å². The highest BCUT2D eigenvalue weighted by Gasteiger charge is 2.54. The van der Waals surface area contributed by atoms with Crippen LogP contribution < -0.4 is 14.7 Å². The minimum absolute atomic E-state index is 0.0896. The van der Waals surface area contributed by atoms with Crippen LogP contribution in [0, 0.1) is 34.0 Å². The van der Waals surface area contributed by atoms with Crippen molar-refractivity contribution in [3.63, 3.8) is 0 Å². The average molecular weight is 1490 g/mol. The van der Waals surface area contributed by atoms with Crippen molar-refractivity contribution in [1.82, 2.24) is 29.4 Å². The van der Waals surface area contributed by atoms with E-state index in [2.05, 4.69) is 262 Å². The van der Waals surface area contributed by atoms with Crippen molar-refractivity contribution < 1.29 is 14.4 Å². The van der Waals surface area contributed by atoms with E-state index in [1.807, 2.05) is 75.4 Å². The monoisotopic (exact) mass is 1490 g/mol. The van der Waals surface area contributed by atoms with Gasteiger partial charge < -0.3 is 44.1 Å². The number of piperidine rings is 3. The van der Waals surface area contributed by atoms with Crippen LogP contribution >= 0.6 is 0 Å². The highest BCUT2D eigenvalue weighted by atomic mass is 16.2. The molecule has 0 spiro atoms. The Kier molecular flexibility index (Phi) is 28.9. The summed E-state index contributed by atoms with van der Waals surface area (Å²) in [6.07, 6.45) is 11.7. The summed E-state index contributed by atoms with van der Waals surface area (Å²) in [6, 6.07) is 96.0. The lowest BCUT2D eigenvalue weighted by atomic mass is 9.72. The zero-order chi connectivity index (χ0) is 76.5. The van der Waals surface area contributed by atoms with Gasteiger partial charge in [-0.25, -0.2) is 0 Å². The second-order valence-corrected chi connectivity index (χ2v) is 33.0. The Labute approximate surface area is 665 Å². The highest BCUT2D eigenvalue weighted by molar-refractivity contribution is 5.94. The van der Waals surface area contributed by atoms with Gasteiger partial charge >= 0.3 is 0 Å². The van der Waals surface area contributed by atoms with Gasteiger partial charge in [0, 0.05) is 170 Å². The lowest BCUT2D eigenvalue weighted by Crippen LogP contribution is -2.55. The Balaban J connectivity index is 0.000000146. The molecule has 15 rings (SSSR count). The fraction of sp³-hybridized carbons (Fsp3) is 0.424. The summed E-state index contributed by atoms with van der Waals surface area (Å²) < 4.78 is 0. The van der Waals surface area contributed by atoms with Crippen LogP contribution in [0.3, 0.4) is 0 Å². The van der Waals surface area contributed by atoms with Crippen molar-refractivity contribution in [2.75, 3.05) is 152 Å². The number of carbonyl (C=O) groups is 3. The predicted molar refractivity (Wildman–Crippen MR) is 458 cm³/mol.